The fourth-order valence-corrected chi connectivity index (χ4v) is 2.45. The van der Waals surface area contributed by atoms with E-state index in [-0.39, 0.29) is 0 Å². The Kier molecular flexibility index (Phi) is 4.24. The molecule has 1 fully saturated rings. The number of nitrogens with one attached hydrogen (secondary N) is 1. The van der Waals surface area contributed by atoms with Crippen molar-refractivity contribution in [1.29, 1.82) is 0 Å². The molecule has 17 heavy (non-hydrogen) atoms. The Hall–Kier alpha value is -0.800. The summed E-state index contributed by atoms with van der Waals surface area (Å²) in [5.74, 6) is 0.779. The predicted octanol–water partition coefficient (Wildman–Crippen LogP) is 2.16. The molecule has 1 saturated heterocycles. The van der Waals surface area contributed by atoms with Gasteiger partial charge in [-0.2, -0.15) is 0 Å². The summed E-state index contributed by atoms with van der Waals surface area (Å²) in [5, 5.41) is 3.54. The number of hydrogen-bond acceptors (Lipinski definition) is 2. The summed E-state index contributed by atoms with van der Waals surface area (Å²) in [5.41, 5.74) is 4.13. The summed E-state index contributed by atoms with van der Waals surface area (Å²) in [6.07, 6.45) is 2.48. The minimum atomic E-state index is 0.779. The highest BCUT2D eigenvalue weighted by atomic mass is 16.5. The standard InChI is InChI=1S/C14H24N2O/c1-11-8-14(12(2)16(11)3)9-15-6-4-13-5-7-17-10-13/h8,13,15H,4-7,9-10H2,1-3H3. The van der Waals surface area contributed by atoms with Gasteiger partial charge in [-0.15, -0.1) is 0 Å². The molecule has 0 saturated carbocycles. The van der Waals surface area contributed by atoms with E-state index < -0.39 is 0 Å². The van der Waals surface area contributed by atoms with E-state index in [1.54, 1.807) is 0 Å². The fourth-order valence-electron chi connectivity index (χ4n) is 2.45. The van der Waals surface area contributed by atoms with Gasteiger partial charge in [0.15, 0.2) is 0 Å². The Bertz CT molecular complexity index is 365. The highest BCUT2D eigenvalue weighted by molar-refractivity contribution is 5.26. The SMILES string of the molecule is Cc1cc(CNCCC2CCOC2)c(C)n1C. The van der Waals surface area contributed by atoms with Gasteiger partial charge >= 0.3 is 0 Å². The van der Waals surface area contributed by atoms with E-state index in [1.807, 2.05) is 0 Å². The molecule has 2 rings (SSSR count). The summed E-state index contributed by atoms with van der Waals surface area (Å²) >= 11 is 0. The third kappa shape index (κ3) is 3.11. The quantitative estimate of drug-likeness (QED) is 0.793. The molecular formula is C14H24N2O. The summed E-state index contributed by atoms with van der Waals surface area (Å²) in [6.45, 7) is 8.36. The van der Waals surface area contributed by atoms with Gasteiger partial charge in [-0.3, -0.25) is 0 Å². The molecule has 3 heteroatoms. The van der Waals surface area contributed by atoms with Crippen molar-refractivity contribution in [3.8, 4) is 0 Å². The zero-order valence-corrected chi connectivity index (χ0v) is 11.3. The van der Waals surface area contributed by atoms with Crippen LogP contribution in [0.4, 0.5) is 0 Å². The Morgan fingerprint density at radius 3 is 2.88 bits per heavy atom. The number of hydrogen-bond donors (Lipinski definition) is 1. The van der Waals surface area contributed by atoms with E-state index in [2.05, 4.69) is 36.8 Å². The summed E-state index contributed by atoms with van der Waals surface area (Å²) < 4.78 is 7.63. The molecule has 0 aliphatic carbocycles. The van der Waals surface area contributed by atoms with Crippen molar-refractivity contribution in [3.63, 3.8) is 0 Å². The first-order valence-corrected chi connectivity index (χ1v) is 6.58. The van der Waals surface area contributed by atoms with E-state index in [0.717, 1.165) is 32.2 Å². The molecule has 1 aromatic rings. The maximum atomic E-state index is 5.38. The first-order chi connectivity index (χ1) is 8.18. The normalized spacial score (nSPS) is 20.1. The van der Waals surface area contributed by atoms with Crippen LogP contribution in [0.15, 0.2) is 6.07 Å². The van der Waals surface area contributed by atoms with Gasteiger partial charge in [0.05, 0.1) is 0 Å². The summed E-state index contributed by atoms with van der Waals surface area (Å²) in [4.78, 5) is 0. The van der Waals surface area contributed by atoms with E-state index in [1.165, 1.54) is 29.8 Å². The van der Waals surface area contributed by atoms with Crippen molar-refractivity contribution in [1.82, 2.24) is 9.88 Å². The summed E-state index contributed by atoms with van der Waals surface area (Å²) in [6, 6.07) is 2.28. The molecule has 0 aromatic carbocycles. The molecular weight excluding hydrogens is 212 g/mol. The molecule has 1 atom stereocenters. The third-order valence-electron chi connectivity index (χ3n) is 3.95. The second-order valence-corrected chi connectivity index (χ2v) is 5.15. The Labute approximate surface area is 104 Å². The van der Waals surface area contributed by atoms with Crippen LogP contribution >= 0.6 is 0 Å². The van der Waals surface area contributed by atoms with E-state index >= 15 is 0 Å². The smallest absolute Gasteiger partial charge is 0.0495 e. The topological polar surface area (TPSA) is 26.2 Å². The second-order valence-electron chi connectivity index (χ2n) is 5.15. The first-order valence-electron chi connectivity index (χ1n) is 6.58. The minimum absolute atomic E-state index is 0.779. The maximum absolute atomic E-state index is 5.38. The van der Waals surface area contributed by atoms with Crippen molar-refractivity contribution in [2.45, 2.75) is 33.2 Å². The van der Waals surface area contributed by atoms with Crippen molar-refractivity contribution in [3.05, 3.63) is 23.0 Å². The highest BCUT2D eigenvalue weighted by Crippen LogP contribution is 2.16. The lowest BCUT2D eigenvalue weighted by molar-refractivity contribution is 0.184. The van der Waals surface area contributed by atoms with Gasteiger partial charge in [0.25, 0.3) is 0 Å². The third-order valence-corrected chi connectivity index (χ3v) is 3.95. The Morgan fingerprint density at radius 1 is 1.47 bits per heavy atom. The molecule has 1 N–H and O–H groups in total. The van der Waals surface area contributed by atoms with Crippen LogP contribution in [0.3, 0.4) is 0 Å². The van der Waals surface area contributed by atoms with Crippen molar-refractivity contribution in [2.24, 2.45) is 13.0 Å². The fraction of sp³-hybridized carbons (Fsp3) is 0.714. The molecule has 0 radical (unpaired) electrons. The largest absolute Gasteiger partial charge is 0.381 e. The zero-order chi connectivity index (χ0) is 12.3. The van der Waals surface area contributed by atoms with Crippen LogP contribution in [0.2, 0.25) is 0 Å². The predicted molar refractivity (Wildman–Crippen MR) is 70.1 cm³/mol. The van der Waals surface area contributed by atoms with Gasteiger partial charge in [0.1, 0.15) is 0 Å². The lowest BCUT2D eigenvalue weighted by Crippen LogP contribution is -2.18. The van der Waals surface area contributed by atoms with Crippen molar-refractivity contribution in [2.75, 3.05) is 19.8 Å². The van der Waals surface area contributed by atoms with Crippen LogP contribution in [-0.4, -0.2) is 24.3 Å². The van der Waals surface area contributed by atoms with Crippen LogP contribution < -0.4 is 5.32 Å². The Balaban J connectivity index is 1.72. The van der Waals surface area contributed by atoms with Gasteiger partial charge < -0.3 is 14.6 Å². The number of rotatable bonds is 5. The van der Waals surface area contributed by atoms with E-state index in [4.69, 9.17) is 4.74 Å². The van der Waals surface area contributed by atoms with E-state index in [0.29, 0.717) is 0 Å². The van der Waals surface area contributed by atoms with Crippen LogP contribution in [0, 0.1) is 19.8 Å². The second kappa shape index (κ2) is 5.69. The monoisotopic (exact) mass is 236 g/mol. The molecule has 3 nitrogen and oxygen atoms in total. The van der Waals surface area contributed by atoms with Gasteiger partial charge in [0, 0.05) is 38.2 Å². The lowest BCUT2D eigenvalue weighted by atomic mass is 10.1. The molecule has 96 valence electrons. The van der Waals surface area contributed by atoms with Crippen molar-refractivity contribution < 1.29 is 4.74 Å². The number of aromatic nitrogens is 1. The van der Waals surface area contributed by atoms with Gasteiger partial charge in [0.2, 0.25) is 0 Å². The van der Waals surface area contributed by atoms with Crippen LogP contribution in [-0.2, 0) is 18.3 Å². The zero-order valence-electron chi connectivity index (χ0n) is 11.3. The lowest BCUT2D eigenvalue weighted by Gasteiger charge is -2.08. The molecule has 0 spiro atoms. The molecule has 1 unspecified atom stereocenters. The average Bonchev–Trinajstić information content (AvgIpc) is 2.90. The van der Waals surface area contributed by atoms with Crippen LogP contribution in [0.25, 0.3) is 0 Å². The summed E-state index contributed by atoms with van der Waals surface area (Å²) in [7, 11) is 2.13. The molecule has 1 aliphatic heterocycles. The van der Waals surface area contributed by atoms with Crippen LogP contribution in [0.1, 0.15) is 29.8 Å². The van der Waals surface area contributed by atoms with Crippen LogP contribution in [0.5, 0.6) is 0 Å². The number of nitrogens with zero attached hydrogens (tertiary/aromatic N) is 1. The molecule has 2 heterocycles. The van der Waals surface area contributed by atoms with Gasteiger partial charge in [-0.05, 0) is 50.8 Å². The maximum Gasteiger partial charge on any atom is 0.0495 e. The first kappa shape index (κ1) is 12.7. The minimum Gasteiger partial charge on any atom is -0.381 e. The number of aryl methyl sites for hydroxylation is 1. The number of ether oxygens (including phenoxy) is 1. The van der Waals surface area contributed by atoms with Crippen molar-refractivity contribution >= 4 is 0 Å². The molecule has 1 aliphatic rings. The highest BCUT2D eigenvalue weighted by Gasteiger charge is 2.14. The van der Waals surface area contributed by atoms with Gasteiger partial charge in [-0.1, -0.05) is 0 Å². The van der Waals surface area contributed by atoms with Gasteiger partial charge in [-0.25, -0.2) is 0 Å². The molecule has 0 amide bonds. The molecule has 0 bridgehead atoms. The molecule has 1 aromatic heterocycles. The average molecular weight is 236 g/mol. The van der Waals surface area contributed by atoms with E-state index in [9.17, 15) is 0 Å². The Morgan fingerprint density at radius 2 is 2.29 bits per heavy atom.